The van der Waals surface area contributed by atoms with Crippen LogP contribution >= 0.6 is 15.9 Å². The van der Waals surface area contributed by atoms with Crippen LogP contribution in [0.25, 0.3) is 0 Å². The van der Waals surface area contributed by atoms with Crippen molar-refractivity contribution < 1.29 is 4.39 Å². The number of nitrogens with one attached hydrogen (secondary N) is 4. The minimum Gasteiger partial charge on any atom is -0.379 e. The number of halogens is 2. The third-order valence-electron chi connectivity index (χ3n) is 2.83. The zero-order valence-corrected chi connectivity index (χ0v) is 14.1. The maximum atomic E-state index is 13.1. The summed E-state index contributed by atoms with van der Waals surface area (Å²) in [5.41, 5.74) is 2.14. The van der Waals surface area contributed by atoms with Crippen LogP contribution in [-0.4, -0.2) is 24.9 Å². The third-order valence-corrected chi connectivity index (χ3v) is 3.62. The molecule has 0 atom stereocenters. The van der Waals surface area contributed by atoms with E-state index in [1.54, 1.807) is 13.0 Å². The Hall–Kier alpha value is -2.02. The smallest absolute Gasteiger partial charge is 0.123 e. The number of anilines is 1. The molecule has 0 bridgehead atoms. The molecule has 0 saturated heterocycles. The van der Waals surface area contributed by atoms with Gasteiger partial charge in [0, 0.05) is 30.4 Å². The Morgan fingerprint density at radius 3 is 2.68 bits per heavy atom. The van der Waals surface area contributed by atoms with E-state index < -0.39 is 0 Å². The summed E-state index contributed by atoms with van der Waals surface area (Å²) in [7, 11) is 0. The van der Waals surface area contributed by atoms with E-state index in [0.717, 1.165) is 18.4 Å². The quantitative estimate of drug-likeness (QED) is 0.335. The second-order valence-corrected chi connectivity index (χ2v) is 5.27. The Bertz CT molecular complexity index is 610. The van der Waals surface area contributed by atoms with Gasteiger partial charge in [-0.3, -0.25) is 5.41 Å². The molecule has 0 spiro atoms. The van der Waals surface area contributed by atoms with E-state index in [-0.39, 0.29) is 5.82 Å². The Morgan fingerprint density at radius 2 is 2.14 bits per heavy atom. The highest BCUT2D eigenvalue weighted by Crippen LogP contribution is 2.18. The van der Waals surface area contributed by atoms with E-state index in [0.29, 0.717) is 28.1 Å². The van der Waals surface area contributed by atoms with Crippen LogP contribution in [-0.2, 0) is 0 Å². The van der Waals surface area contributed by atoms with Crippen LogP contribution in [0.15, 0.2) is 33.4 Å². The highest BCUT2D eigenvalue weighted by molar-refractivity contribution is 9.11. The number of nitrogens with zero attached hydrogens (tertiary/aromatic N) is 1. The van der Waals surface area contributed by atoms with Crippen molar-refractivity contribution in [2.24, 2.45) is 4.99 Å². The summed E-state index contributed by atoms with van der Waals surface area (Å²) < 4.78 is 13.9. The minimum absolute atomic E-state index is 0.302. The zero-order chi connectivity index (χ0) is 16.5. The normalized spacial score (nSPS) is 12.5. The monoisotopic (exact) mass is 367 g/mol. The first-order valence-corrected chi connectivity index (χ1v) is 7.52. The summed E-state index contributed by atoms with van der Waals surface area (Å²) in [5.74, 6) is 0.196. The Morgan fingerprint density at radius 1 is 1.41 bits per heavy atom. The van der Waals surface area contributed by atoms with Gasteiger partial charge in [-0.05, 0) is 53.5 Å². The van der Waals surface area contributed by atoms with E-state index in [2.05, 4.69) is 31.6 Å². The standard InChI is InChI=1S/C15H19BrFN5/c1-3-20-15(16)11(8-18)7-14(21-9-19)22-13-5-4-12(17)6-10(13)2/h4-6,8-9,18,20H,3,7H2,1-2H3,(H2,19,21,22)/b15-11-,18-8?. The average molecular weight is 368 g/mol. The fourth-order valence-corrected chi connectivity index (χ4v) is 2.30. The van der Waals surface area contributed by atoms with Crippen molar-refractivity contribution in [1.29, 1.82) is 10.8 Å². The first-order chi connectivity index (χ1) is 10.5. The van der Waals surface area contributed by atoms with Gasteiger partial charge in [0.05, 0.1) is 4.61 Å². The molecule has 0 radical (unpaired) electrons. The summed E-state index contributed by atoms with van der Waals surface area (Å²) in [6.07, 6.45) is 2.50. The first kappa shape index (κ1) is 18.0. The molecule has 0 fully saturated rings. The van der Waals surface area contributed by atoms with Crippen molar-refractivity contribution in [1.82, 2.24) is 5.32 Å². The van der Waals surface area contributed by atoms with E-state index in [1.165, 1.54) is 18.3 Å². The van der Waals surface area contributed by atoms with Crippen LogP contribution in [0.2, 0.25) is 0 Å². The molecule has 0 aliphatic carbocycles. The first-order valence-electron chi connectivity index (χ1n) is 6.73. The van der Waals surface area contributed by atoms with Crippen molar-refractivity contribution in [3.63, 3.8) is 0 Å². The van der Waals surface area contributed by atoms with Gasteiger partial charge in [-0.25, -0.2) is 9.38 Å². The van der Waals surface area contributed by atoms with Crippen LogP contribution in [0.1, 0.15) is 18.9 Å². The van der Waals surface area contributed by atoms with Gasteiger partial charge in [0.25, 0.3) is 0 Å². The number of rotatable bonds is 7. The zero-order valence-electron chi connectivity index (χ0n) is 12.5. The molecule has 7 heteroatoms. The number of hydrogen-bond donors (Lipinski definition) is 4. The molecule has 0 heterocycles. The number of hydrogen-bond acceptors (Lipinski definition) is 3. The lowest BCUT2D eigenvalue weighted by Gasteiger charge is -2.13. The van der Waals surface area contributed by atoms with E-state index in [4.69, 9.17) is 10.8 Å². The number of benzene rings is 1. The van der Waals surface area contributed by atoms with Crippen LogP contribution in [0.3, 0.4) is 0 Å². The Labute approximate surface area is 137 Å². The van der Waals surface area contributed by atoms with Crippen molar-refractivity contribution in [2.45, 2.75) is 20.3 Å². The van der Waals surface area contributed by atoms with Crippen LogP contribution in [0.5, 0.6) is 0 Å². The van der Waals surface area contributed by atoms with Crippen molar-refractivity contribution in [3.05, 3.63) is 39.8 Å². The van der Waals surface area contributed by atoms with E-state index in [9.17, 15) is 4.39 Å². The number of amidine groups is 1. The Kier molecular flexibility index (Phi) is 7.45. The molecule has 0 saturated carbocycles. The molecule has 0 aliphatic heterocycles. The molecule has 4 N–H and O–H groups in total. The van der Waals surface area contributed by atoms with Gasteiger partial charge in [0.2, 0.25) is 0 Å². The van der Waals surface area contributed by atoms with Gasteiger partial charge in [0.15, 0.2) is 0 Å². The lowest BCUT2D eigenvalue weighted by atomic mass is 10.1. The highest BCUT2D eigenvalue weighted by Gasteiger charge is 2.09. The highest BCUT2D eigenvalue weighted by atomic mass is 79.9. The van der Waals surface area contributed by atoms with Crippen molar-refractivity contribution >= 4 is 40.0 Å². The fraction of sp³-hybridized carbons (Fsp3) is 0.267. The molecule has 22 heavy (non-hydrogen) atoms. The molecular formula is C15H19BrFN5. The van der Waals surface area contributed by atoms with Crippen molar-refractivity contribution in [3.8, 4) is 0 Å². The molecule has 1 aromatic carbocycles. The second-order valence-electron chi connectivity index (χ2n) is 4.48. The molecule has 0 unspecified atom stereocenters. The summed E-state index contributed by atoms with van der Waals surface area (Å²) in [6.45, 7) is 4.46. The molecule has 5 nitrogen and oxygen atoms in total. The summed E-state index contributed by atoms with van der Waals surface area (Å²) in [5, 5.41) is 20.8. The number of aliphatic imine (C=N–C) groups is 1. The largest absolute Gasteiger partial charge is 0.379 e. The minimum atomic E-state index is -0.302. The predicted octanol–water partition coefficient (Wildman–Crippen LogP) is 3.81. The molecular weight excluding hydrogens is 349 g/mol. The average Bonchev–Trinajstić information content (AvgIpc) is 2.47. The van der Waals surface area contributed by atoms with Gasteiger partial charge in [-0.15, -0.1) is 0 Å². The molecule has 0 amide bonds. The van der Waals surface area contributed by atoms with Crippen LogP contribution in [0, 0.1) is 23.6 Å². The predicted molar refractivity (Wildman–Crippen MR) is 94.0 cm³/mol. The molecule has 1 rings (SSSR count). The van der Waals surface area contributed by atoms with Crippen LogP contribution in [0.4, 0.5) is 10.1 Å². The molecule has 118 valence electrons. The van der Waals surface area contributed by atoms with Gasteiger partial charge in [0.1, 0.15) is 18.0 Å². The third kappa shape index (κ3) is 5.40. The number of aryl methyl sites for hydroxylation is 1. The van der Waals surface area contributed by atoms with Gasteiger partial charge in [-0.1, -0.05) is 0 Å². The Balaban J connectivity index is 3.00. The maximum absolute atomic E-state index is 13.1. The fourth-order valence-electron chi connectivity index (χ4n) is 1.76. The molecule has 0 aliphatic rings. The van der Waals surface area contributed by atoms with Gasteiger partial charge < -0.3 is 16.0 Å². The summed E-state index contributed by atoms with van der Waals surface area (Å²) >= 11 is 3.38. The van der Waals surface area contributed by atoms with E-state index >= 15 is 0 Å². The van der Waals surface area contributed by atoms with Gasteiger partial charge in [-0.2, -0.15) is 0 Å². The van der Waals surface area contributed by atoms with Gasteiger partial charge >= 0.3 is 0 Å². The van der Waals surface area contributed by atoms with Crippen LogP contribution < -0.4 is 10.6 Å². The summed E-state index contributed by atoms with van der Waals surface area (Å²) in [6, 6.07) is 4.41. The molecule has 1 aromatic rings. The topological polar surface area (TPSA) is 84.1 Å². The lowest BCUT2D eigenvalue weighted by Crippen LogP contribution is -2.17. The second kappa shape index (κ2) is 9.09. The molecule has 0 aromatic heterocycles. The lowest BCUT2D eigenvalue weighted by molar-refractivity contribution is 0.627. The van der Waals surface area contributed by atoms with E-state index in [1.807, 2.05) is 6.92 Å². The SMILES string of the molecule is CCN/C(Br)=C(\C=N)C/C(=N/C=N)Nc1ccc(F)cc1C. The van der Waals surface area contributed by atoms with Crippen molar-refractivity contribution in [2.75, 3.05) is 11.9 Å². The summed E-state index contributed by atoms with van der Waals surface area (Å²) in [4.78, 5) is 3.98. The maximum Gasteiger partial charge on any atom is 0.123 e.